The molecule has 0 spiro atoms. The molecule has 1 saturated heterocycles. The number of nitrogens with zero attached hydrogens (tertiary/aromatic N) is 2. The molecule has 0 radical (unpaired) electrons. The average Bonchev–Trinajstić information content (AvgIpc) is 2.70. The Balaban J connectivity index is 2.24. The van der Waals surface area contributed by atoms with Crippen LogP contribution in [-0.2, 0) is 19.5 Å². The first-order valence-electron chi connectivity index (χ1n) is 6.52. The van der Waals surface area contributed by atoms with Crippen LogP contribution in [0.15, 0.2) is 11.6 Å². The lowest BCUT2D eigenvalue weighted by molar-refractivity contribution is -0.381. The van der Waals surface area contributed by atoms with Gasteiger partial charge in [-0.2, -0.15) is 13.8 Å². The normalized spacial score (nSPS) is 27.2. The fourth-order valence-corrected chi connectivity index (χ4v) is 2.85. The van der Waals surface area contributed by atoms with Gasteiger partial charge >= 0.3 is 18.4 Å². The third kappa shape index (κ3) is 2.19. The predicted octanol–water partition coefficient (Wildman–Crippen LogP) is 0.341. The third-order valence-corrected chi connectivity index (χ3v) is 3.94. The fraction of sp³-hybridized carbons (Fsp3) is 0.583. The van der Waals surface area contributed by atoms with E-state index in [1.165, 1.54) is 4.90 Å². The molecule has 22 heavy (non-hydrogen) atoms. The molecular weight excluding hydrogens is 304 g/mol. The van der Waals surface area contributed by atoms with Crippen LogP contribution in [0.3, 0.4) is 0 Å². The van der Waals surface area contributed by atoms with Gasteiger partial charge in [-0.05, 0) is 18.9 Å². The van der Waals surface area contributed by atoms with E-state index in [1.54, 1.807) is 19.9 Å². The van der Waals surface area contributed by atoms with Crippen LogP contribution in [0.25, 0.3) is 0 Å². The first-order valence-corrected chi connectivity index (χ1v) is 6.52. The molecule has 2 N–H and O–H groups in total. The van der Waals surface area contributed by atoms with Crippen molar-refractivity contribution < 1.29 is 33.0 Å². The molecule has 3 amide bonds. The summed E-state index contributed by atoms with van der Waals surface area (Å²) in [5, 5.41) is 0.629. The largest absolute Gasteiger partial charge is 0.410 e. The van der Waals surface area contributed by atoms with Crippen LogP contribution in [0.1, 0.15) is 20.3 Å². The van der Waals surface area contributed by atoms with E-state index in [-0.39, 0.29) is 13.0 Å². The van der Waals surface area contributed by atoms with E-state index in [2.05, 4.69) is 9.88 Å². The van der Waals surface area contributed by atoms with Crippen molar-refractivity contribution in [2.24, 2.45) is 5.73 Å². The summed E-state index contributed by atoms with van der Waals surface area (Å²) < 4.78 is 24.1. The highest BCUT2D eigenvalue weighted by Gasteiger charge is 2.56. The van der Waals surface area contributed by atoms with Gasteiger partial charge in [0.1, 0.15) is 11.6 Å². The Kier molecular flexibility index (Phi) is 4.05. The maximum Gasteiger partial charge on any atom is 0.410 e. The number of carbonyl (C=O) groups is 3. The summed E-state index contributed by atoms with van der Waals surface area (Å²) in [5.74, 6) is -2.62. The lowest BCUT2D eigenvalue weighted by atomic mass is 9.82. The Bertz CT molecular complexity index is 553. The summed E-state index contributed by atoms with van der Waals surface area (Å²) in [5.41, 5.74) is 4.67. The highest BCUT2D eigenvalue weighted by Crippen LogP contribution is 2.39. The van der Waals surface area contributed by atoms with E-state index in [0.717, 1.165) is 0 Å². The van der Waals surface area contributed by atoms with Crippen molar-refractivity contribution >= 4 is 17.9 Å². The second kappa shape index (κ2) is 5.52. The van der Waals surface area contributed by atoms with Crippen molar-refractivity contribution in [3.05, 3.63) is 11.6 Å². The Morgan fingerprint density at radius 2 is 2.18 bits per heavy atom. The molecule has 0 aromatic heterocycles. The number of alkyl halides is 2. The third-order valence-electron chi connectivity index (χ3n) is 3.94. The highest BCUT2D eigenvalue weighted by molar-refractivity contribution is 5.94. The number of urea groups is 1. The maximum absolute atomic E-state index is 12.3. The Labute approximate surface area is 124 Å². The SMILES string of the molecule is CC[C@@]1(C(N)=O)C(C)=C[C@@H]2CN1C(=O)N2OOC(=O)C(F)F. The molecule has 2 rings (SSSR count). The molecule has 8 nitrogen and oxygen atoms in total. The number of nitrogens with two attached hydrogens (primary N) is 1. The molecule has 2 aliphatic rings. The summed E-state index contributed by atoms with van der Waals surface area (Å²) in [6, 6.07) is -1.46. The number of rotatable bonds is 5. The van der Waals surface area contributed by atoms with Gasteiger partial charge in [0.25, 0.3) is 0 Å². The number of hydroxylamine groups is 2. The van der Waals surface area contributed by atoms with Gasteiger partial charge in [0.15, 0.2) is 0 Å². The molecule has 2 atom stereocenters. The number of fused-ring (bicyclic) bond motifs is 2. The minimum Gasteiger partial charge on any atom is -0.367 e. The Hall–Kier alpha value is -2.23. The summed E-state index contributed by atoms with van der Waals surface area (Å²) in [6.45, 7) is 3.39. The zero-order valence-corrected chi connectivity index (χ0v) is 11.9. The molecule has 2 aliphatic heterocycles. The molecule has 2 bridgehead atoms. The standard InChI is InChI=1S/C12H15F2N3O5/c1-3-12(10(15)19)6(2)4-7-5-16(12)11(20)17(7)22-21-9(18)8(13)14/h4,7-8H,3,5H2,1-2H3,(H2,15,19)/t7-,12+/m1/s1. The Morgan fingerprint density at radius 3 is 2.68 bits per heavy atom. The number of hydrogen-bond donors (Lipinski definition) is 1. The van der Waals surface area contributed by atoms with E-state index in [1.807, 2.05) is 0 Å². The monoisotopic (exact) mass is 319 g/mol. The fourth-order valence-electron chi connectivity index (χ4n) is 2.85. The quantitative estimate of drug-likeness (QED) is 0.447. The summed E-state index contributed by atoms with van der Waals surface area (Å²) in [7, 11) is 0. The zero-order chi connectivity index (χ0) is 16.7. The number of primary amides is 1. The molecule has 0 unspecified atom stereocenters. The van der Waals surface area contributed by atoms with Crippen molar-refractivity contribution in [3.63, 3.8) is 0 Å². The van der Waals surface area contributed by atoms with Crippen LogP contribution in [0.5, 0.6) is 0 Å². The number of amides is 3. The van der Waals surface area contributed by atoms with Crippen LogP contribution in [0.2, 0.25) is 0 Å². The number of hydrogen-bond acceptors (Lipinski definition) is 5. The van der Waals surface area contributed by atoms with Gasteiger partial charge in [-0.15, -0.1) is 0 Å². The average molecular weight is 319 g/mol. The minimum atomic E-state index is -3.38. The topological polar surface area (TPSA) is 102 Å². The van der Waals surface area contributed by atoms with Crippen molar-refractivity contribution in [2.75, 3.05) is 6.54 Å². The molecule has 0 saturated carbocycles. The zero-order valence-electron chi connectivity index (χ0n) is 11.9. The second-order valence-electron chi connectivity index (χ2n) is 4.99. The lowest BCUT2D eigenvalue weighted by Crippen LogP contribution is -2.60. The minimum absolute atomic E-state index is 0.0686. The van der Waals surface area contributed by atoms with Crippen LogP contribution in [0.4, 0.5) is 13.6 Å². The lowest BCUT2D eigenvalue weighted by Gasteiger charge is -2.40. The molecule has 122 valence electrons. The van der Waals surface area contributed by atoms with Crippen molar-refractivity contribution in [1.82, 2.24) is 9.96 Å². The molecule has 2 heterocycles. The molecule has 0 aromatic rings. The van der Waals surface area contributed by atoms with Crippen molar-refractivity contribution in [2.45, 2.75) is 38.3 Å². The van der Waals surface area contributed by atoms with Crippen LogP contribution < -0.4 is 5.73 Å². The van der Waals surface area contributed by atoms with E-state index in [9.17, 15) is 23.2 Å². The highest BCUT2D eigenvalue weighted by atomic mass is 19.3. The van der Waals surface area contributed by atoms with Crippen molar-refractivity contribution in [1.29, 1.82) is 0 Å². The molecular formula is C12H15F2N3O5. The first kappa shape index (κ1) is 16.1. The van der Waals surface area contributed by atoms with Gasteiger partial charge in [0, 0.05) is 0 Å². The Morgan fingerprint density at radius 1 is 1.55 bits per heavy atom. The van der Waals surface area contributed by atoms with Gasteiger partial charge in [0.2, 0.25) is 5.91 Å². The number of carbonyl (C=O) groups excluding carboxylic acids is 3. The van der Waals surface area contributed by atoms with E-state index >= 15 is 0 Å². The predicted molar refractivity (Wildman–Crippen MR) is 66.9 cm³/mol. The smallest absolute Gasteiger partial charge is 0.367 e. The summed E-state index contributed by atoms with van der Waals surface area (Å²) in [6.07, 6.45) is -1.57. The van der Waals surface area contributed by atoms with E-state index in [4.69, 9.17) is 5.73 Å². The van der Waals surface area contributed by atoms with E-state index < -0.39 is 35.9 Å². The summed E-state index contributed by atoms with van der Waals surface area (Å²) in [4.78, 5) is 44.4. The second-order valence-corrected chi connectivity index (χ2v) is 4.99. The first-order chi connectivity index (χ1) is 10.3. The molecule has 0 aliphatic carbocycles. The van der Waals surface area contributed by atoms with Crippen LogP contribution in [-0.4, -0.2) is 52.4 Å². The van der Waals surface area contributed by atoms with Crippen LogP contribution >= 0.6 is 0 Å². The number of halogens is 2. The van der Waals surface area contributed by atoms with Gasteiger partial charge in [-0.3, -0.25) is 9.68 Å². The van der Waals surface area contributed by atoms with Gasteiger partial charge in [-0.25, -0.2) is 9.59 Å². The molecule has 10 heteroatoms. The van der Waals surface area contributed by atoms with Crippen LogP contribution in [0, 0.1) is 0 Å². The van der Waals surface area contributed by atoms with E-state index in [0.29, 0.717) is 10.6 Å². The van der Waals surface area contributed by atoms with Crippen molar-refractivity contribution in [3.8, 4) is 0 Å². The van der Waals surface area contributed by atoms with Gasteiger partial charge in [-0.1, -0.05) is 18.0 Å². The molecule has 1 fully saturated rings. The van der Waals surface area contributed by atoms with Gasteiger partial charge in [0.05, 0.1) is 6.54 Å². The maximum atomic E-state index is 12.3. The summed E-state index contributed by atoms with van der Waals surface area (Å²) >= 11 is 0. The van der Waals surface area contributed by atoms with Gasteiger partial charge < -0.3 is 10.6 Å². The molecule has 0 aromatic carbocycles.